The van der Waals surface area contributed by atoms with Gasteiger partial charge in [-0.2, -0.15) is 0 Å². The topological polar surface area (TPSA) is 35.6 Å². The van der Waals surface area contributed by atoms with Crippen LogP contribution in [0.4, 0.5) is 0 Å². The zero-order valence-electron chi connectivity index (χ0n) is 12.0. The first kappa shape index (κ1) is 17.0. The van der Waals surface area contributed by atoms with Crippen molar-refractivity contribution in [3.63, 3.8) is 0 Å². The van der Waals surface area contributed by atoms with Crippen LogP contribution in [0.2, 0.25) is 0 Å². The molecule has 0 aliphatic carbocycles. The molecule has 0 radical (unpaired) electrons. The average molecular weight is 298 g/mol. The van der Waals surface area contributed by atoms with Crippen LogP contribution in [0.15, 0.2) is 30.3 Å². The van der Waals surface area contributed by atoms with Gasteiger partial charge in [0.2, 0.25) is 5.91 Å². The van der Waals surface area contributed by atoms with Gasteiger partial charge in [-0.1, -0.05) is 30.3 Å². The molecule has 0 aromatic heterocycles. The van der Waals surface area contributed by atoms with Crippen LogP contribution in [0.3, 0.4) is 0 Å². The van der Waals surface area contributed by atoms with Crippen molar-refractivity contribution in [1.29, 1.82) is 0 Å². The van der Waals surface area contributed by atoms with E-state index in [9.17, 15) is 4.79 Å². The van der Waals surface area contributed by atoms with Crippen molar-refractivity contribution in [3.8, 4) is 0 Å². The Kier molecular flexibility index (Phi) is 7.59. The minimum absolute atomic E-state index is 0. The lowest BCUT2D eigenvalue weighted by atomic mass is 10.1. The third-order valence-electron chi connectivity index (χ3n) is 3.61. The third kappa shape index (κ3) is 5.12. The maximum atomic E-state index is 11.7. The monoisotopic (exact) mass is 297 g/mol. The highest BCUT2D eigenvalue weighted by Gasteiger charge is 2.19. The molecule has 1 aliphatic heterocycles. The highest BCUT2D eigenvalue weighted by molar-refractivity contribution is 5.85. The van der Waals surface area contributed by atoms with E-state index in [1.165, 1.54) is 5.56 Å². The smallest absolute Gasteiger partial charge is 0.236 e. The number of nitrogens with one attached hydrogen (secondary N) is 1. The fraction of sp³-hybridized carbons (Fsp3) is 0.533. The minimum Gasteiger partial charge on any atom is -0.339 e. The van der Waals surface area contributed by atoms with Gasteiger partial charge in [-0.05, 0) is 19.0 Å². The van der Waals surface area contributed by atoms with Crippen LogP contribution in [0.1, 0.15) is 5.56 Å². The second-order valence-corrected chi connectivity index (χ2v) is 4.99. The van der Waals surface area contributed by atoms with Crippen molar-refractivity contribution >= 4 is 18.3 Å². The number of amides is 1. The number of likely N-dealkylation sites (N-methyl/N-ethyl adjacent to an activating group) is 1. The number of carbonyl (C=O) groups excluding carboxylic acids is 1. The molecule has 0 atom stereocenters. The van der Waals surface area contributed by atoms with Crippen LogP contribution >= 0.6 is 12.4 Å². The largest absolute Gasteiger partial charge is 0.339 e. The molecule has 1 heterocycles. The summed E-state index contributed by atoms with van der Waals surface area (Å²) in [5.41, 5.74) is 1.39. The molecule has 1 aromatic rings. The summed E-state index contributed by atoms with van der Waals surface area (Å²) in [5, 5.41) is 2.92. The van der Waals surface area contributed by atoms with Crippen LogP contribution in [-0.4, -0.2) is 62.0 Å². The van der Waals surface area contributed by atoms with Gasteiger partial charge in [-0.3, -0.25) is 9.69 Å². The number of nitrogens with zero attached hydrogens (tertiary/aromatic N) is 2. The van der Waals surface area contributed by atoms with Gasteiger partial charge in [0.1, 0.15) is 0 Å². The van der Waals surface area contributed by atoms with Crippen LogP contribution in [0.5, 0.6) is 0 Å². The molecule has 4 nitrogen and oxygen atoms in total. The van der Waals surface area contributed by atoms with Crippen LogP contribution in [0, 0.1) is 0 Å². The summed E-state index contributed by atoms with van der Waals surface area (Å²) < 4.78 is 0. The molecule has 1 saturated heterocycles. The molecular weight excluding hydrogens is 274 g/mol. The first-order valence-corrected chi connectivity index (χ1v) is 6.98. The molecular formula is C15H24ClN3O. The molecule has 0 bridgehead atoms. The number of hydrogen-bond acceptors (Lipinski definition) is 3. The normalized spacial score (nSPS) is 15.8. The van der Waals surface area contributed by atoms with Crippen molar-refractivity contribution in [2.45, 2.75) is 6.42 Å². The van der Waals surface area contributed by atoms with Crippen molar-refractivity contribution in [3.05, 3.63) is 35.9 Å². The van der Waals surface area contributed by atoms with Crippen molar-refractivity contribution in [2.75, 3.05) is 46.3 Å². The Hall–Kier alpha value is -1.10. The van der Waals surface area contributed by atoms with Crippen LogP contribution in [-0.2, 0) is 11.2 Å². The molecule has 5 heteroatoms. The predicted octanol–water partition coefficient (Wildman–Crippen LogP) is 1.01. The highest BCUT2D eigenvalue weighted by Crippen LogP contribution is 2.05. The summed E-state index contributed by atoms with van der Waals surface area (Å²) >= 11 is 0. The zero-order chi connectivity index (χ0) is 13.5. The molecule has 1 fully saturated rings. The van der Waals surface area contributed by atoms with E-state index in [1.54, 1.807) is 0 Å². The van der Waals surface area contributed by atoms with Crippen molar-refractivity contribution in [1.82, 2.24) is 15.1 Å². The van der Waals surface area contributed by atoms with Gasteiger partial charge in [0.05, 0.1) is 6.54 Å². The molecule has 2 rings (SSSR count). The van der Waals surface area contributed by atoms with Gasteiger partial charge < -0.3 is 10.2 Å². The van der Waals surface area contributed by atoms with Gasteiger partial charge in [-0.25, -0.2) is 0 Å². The van der Waals surface area contributed by atoms with E-state index in [1.807, 2.05) is 11.9 Å². The third-order valence-corrected chi connectivity index (χ3v) is 3.61. The van der Waals surface area contributed by atoms with E-state index in [2.05, 4.69) is 40.5 Å². The molecule has 1 aliphatic rings. The molecule has 1 N–H and O–H groups in total. The Morgan fingerprint density at radius 2 is 1.80 bits per heavy atom. The summed E-state index contributed by atoms with van der Waals surface area (Å²) in [7, 11) is 1.81. The highest BCUT2D eigenvalue weighted by atomic mass is 35.5. The number of carbonyl (C=O) groups is 1. The van der Waals surface area contributed by atoms with Crippen LogP contribution < -0.4 is 5.32 Å². The summed E-state index contributed by atoms with van der Waals surface area (Å²) in [5.74, 6) is 0.213. The Balaban J connectivity index is 0.00000200. The fourth-order valence-electron chi connectivity index (χ4n) is 2.42. The summed E-state index contributed by atoms with van der Waals surface area (Å²) in [6, 6.07) is 10.6. The lowest BCUT2D eigenvalue weighted by molar-refractivity contribution is -0.131. The van der Waals surface area contributed by atoms with Gasteiger partial charge in [-0.15, -0.1) is 12.4 Å². The van der Waals surface area contributed by atoms with E-state index < -0.39 is 0 Å². The average Bonchev–Trinajstić information content (AvgIpc) is 2.47. The van der Waals surface area contributed by atoms with Gasteiger partial charge in [0, 0.05) is 32.7 Å². The van der Waals surface area contributed by atoms with E-state index in [4.69, 9.17) is 0 Å². The lowest BCUT2D eigenvalue weighted by Gasteiger charge is -2.34. The standard InChI is InChI=1S/C15H23N3O.ClH/c1-16-13-15(19)18-11-9-17(10-12-18)8-7-14-5-3-2-4-6-14;/h2-6,16H,7-13H2,1H3;1H. The Labute approximate surface area is 127 Å². The van der Waals surface area contributed by atoms with E-state index in [0.717, 1.165) is 39.1 Å². The first-order chi connectivity index (χ1) is 9.29. The summed E-state index contributed by atoms with van der Waals surface area (Å²) in [4.78, 5) is 16.1. The van der Waals surface area contributed by atoms with Gasteiger partial charge in [0.25, 0.3) is 0 Å². The molecule has 0 unspecified atom stereocenters. The molecule has 20 heavy (non-hydrogen) atoms. The molecule has 1 amide bonds. The second kappa shape index (κ2) is 8.95. The maximum absolute atomic E-state index is 11.7. The summed E-state index contributed by atoms with van der Waals surface area (Å²) in [6.07, 6.45) is 1.09. The Morgan fingerprint density at radius 3 is 2.40 bits per heavy atom. The summed E-state index contributed by atoms with van der Waals surface area (Å²) in [6.45, 7) is 5.22. The number of hydrogen-bond donors (Lipinski definition) is 1. The van der Waals surface area contributed by atoms with Crippen LogP contribution in [0.25, 0.3) is 0 Å². The first-order valence-electron chi connectivity index (χ1n) is 6.98. The Morgan fingerprint density at radius 1 is 1.15 bits per heavy atom. The number of halogens is 1. The SMILES string of the molecule is CNCC(=O)N1CCN(CCc2ccccc2)CC1.Cl. The zero-order valence-corrected chi connectivity index (χ0v) is 12.9. The van der Waals surface area contributed by atoms with Gasteiger partial charge in [0.15, 0.2) is 0 Å². The quantitative estimate of drug-likeness (QED) is 0.881. The van der Waals surface area contributed by atoms with Crippen molar-refractivity contribution < 1.29 is 4.79 Å². The second-order valence-electron chi connectivity index (χ2n) is 4.99. The maximum Gasteiger partial charge on any atom is 0.236 e. The fourth-order valence-corrected chi connectivity index (χ4v) is 2.42. The lowest BCUT2D eigenvalue weighted by Crippen LogP contribution is -2.50. The molecule has 0 saturated carbocycles. The van der Waals surface area contributed by atoms with E-state index in [-0.39, 0.29) is 18.3 Å². The Bertz CT molecular complexity index is 391. The van der Waals surface area contributed by atoms with Crippen molar-refractivity contribution in [2.24, 2.45) is 0 Å². The van der Waals surface area contributed by atoms with E-state index in [0.29, 0.717) is 6.54 Å². The van der Waals surface area contributed by atoms with Gasteiger partial charge >= 0.3 is 0 Å². The van der Waals surface area contributed by atoms with E-state index >= 15 is 0 Å². The molecule has 1 aromatic carbocycles. The number of piperazine rings is 1. The molecule has 0 spiro atoms. The minimum atomic E-state index is 0. The predicted molar refractivity (Wildman–Crippen MR) is 84.3 cm³/mol. The molecule has 112 valence electrons. The number of rotatable bonds is 5. The number of benzene rings is 1.